The van der Waals surface area contributed by atoms with Gasteiger partial charge in [-0.2, -0.15) is 35.9 Å². The zero-order chi connectivity index (χ0) is 7.40. The Hall–Kier alpha value is 0.284. The van der Waals surface area contributed by atoms with E-state index >= 15 is 0 Å². The molecule has 0 saturated heterocycles. The van der Waals surface area contributed by atoms with Crippen LogP contribution in [0.3, 0.4) is 0 Å². The van der Waals surface area contributed by atoms with Crippen LogP contribution in [-0.2, 0) is 39.3 Å². The molecule has 11 heavy (non-hydrogen) atoms. The molecule has 1 rings (SSSR count). The summed E-state index contributed by atoms with van der Waals surface area (Å²) in [6, 6.07) is 11.1. The first-order valence-corrected chi connectivity index (χ1v) is 3.26. The van der Waals surface area contributed by atoms with Crippen molar-refractivity contribution in [2.45, 2.75) is 6.54 Å². The molecule has 0 amide bonds. The van der Waals surface area contributed by atoms with Crippen LogP contribution in [0.2, 0.25) is 0 Å². The Bertz CT molecular complexity index is 184. The van der Waals surface area contributed by atoms with E-state index in [0.717, 1.165) is 6.54 Å². The van der Waals surface area contributed by atoms with Crippen molar-refractivity contribution in [3.05, 3.63) is 42.9 Å². The summed E-state index contributed by atoms with van der Waals surface area (Å²) in [5.74, 6) is 0. The SMILES string of the molecule is [CH2-]N(C)Cc1[c-]cccc1.[Y]. The maximum atomic E-state index is 3.75. The second-order valence-electron chi connectivity index (χ2n) is 2.40. The van der Waals surface area contributed by atoms with Gasteiger partial charge in [0.15, 0.2) is 0 Å². The van der Waals surface area contributed by atoms with Crippen molar-refractivity contribution in [2.75, 3.05) is 7.05 Å². The number of nitrogens with zero attached hydrogens (tertiary/aromatic N) is 1. The molecule has 0 heterocycles. The van der Waals surface area contributed by atoms with Crippen molar-refractivity contribution in [2.24, 2.45) is 0 Å². The number of rotatable bonds is 2. The first-order valence-electron chi connectivity index (χ1n) is 3.26. The number of hydrogen-bond donors (Lipinski definition) is 0. The largest absolute Gasteiger partial charge is 0.460 e. The van der Waals surface area contributed by atoms with Gasteiger partial charge in [-0.1, -0.05) is 0 Å². The van der Waals surface area contributed by atoms with Gasteiger partial charge < -0.3 is 4.90 Å². The average Bonchev–Trinajstić information content (AvgIpc) is 1.88. The molecule has 1 aromatic carbocycles. The summed E-state index contributed by atoms with van der Waals surface area (Å²) in [6.07, 6.45) is 0. The topological polar surface area (TPSA) is 3.24 Å². The van der Waals surface area contributed by atoms with E-state index in [0.29, 0.717) is 0 Å². The molecule has 0 aromatic heterocycles. The molecule has 0 aliphatic heterocycles. The first-order chi connectivity index (χ1) is 4.79. The van der Waals surface area contributed by atoms with Crippen molar-refractivity contribution >= 4 is 0 Å². The minimum Gasteiger partial charge on any atom is -0.460 e. The summed E-state index contributed by atoms with van der Waals surface area (Å²) < 4.78 is 0. The summed E-state index contributed by atoms with van der Waals surface area (Å²) in [7, 11) is 5.69. The van der Waals surface area contributed by atoms with Crippen LogP contribution < -0.4 is 0 Å². The van der Waals surface area contributed by atoms with E-state index in [9.17, 15) is 0 Å². The van der Waals surface area contributed by atoms with Gasteiger partial charge in [0.1, 0.15) is 0 Å². The fraction of sp³-hybridized carbons (Fsp3) is 0.222. The maximum absolute atomic E-state index is 3.75. The van der Waals surface area contributed by atoms with Crippen LogP contribution in [0.4, 0.5) is 0 Å². The van der Waals surface area contributed by atoms with Crippen molar-refractivity contribution in [3.8, 4) is 0 Å². The van der Waals surface area contributed by atoms with Crippen LogP contribution in [0.1, 0.15) is 5.56 Å². The van der Waals surface area contributed by atoms with Crippen molar-refractivity contribution in [1.29, 1.82) is 0 Å². The van der Waals surface area contributed by atoms with E-state index in [1.54, 1.807) is 0 Å². The van der Waals surface area contributed by atoms with Crippen LogP contribution in [0.25, 0.3) is 0 Å². The second kappa shape index (κ2) is 5.87. The number of benzene rings is 1. The first kappa shape index (κ1) is 11.3. The Morgan fingerprint density at radius 2 is 2.27 bits per heavy atom. The van der Waals surface area contributed by atoms with Crippen LogP contribution in [-0.4, -0.2) is 11.9 Å². The molecule has 0 saturated carbocycles. The van der Waals surface area contributed by atoms with E-state index in [4.69, 9.17) is 0 Å². The molecular weight excluding hydrogens is 211 g/mol. The van der Waals surface area contributed by atoms with E-state index in [1.165, 1.54) is 5.56 Å². The second-order valence-corrected chi connectivity index (χ2v) is 2.40. The molecule has 0 aliphatic carbocycles. The summed E-state index contributed by atoms with van der Waals surface area (Å²) >= 11 is 0. The summed E-state index contributed by atoms with van der Waals surface area (Å²) in [5, 5.41) is 0. The predicted molar refractivity (Wildman–Crippen MR) is 42.1 cm³/mol. The van der Waals surface area contributed by atoms with Gasteiger partial charge in [-0.3, -0.25) is 7.05 Å². The third-order valence-electron chi connectivity index (χ3n) is 1.21. The Kier molecular flexibility index (Phi) is 6.03. The molecule has 0 bridgehead atoms. The third kappa shape index (κ3) is 4.68. The van der Waals surface area contributed by atoms with Gasteiger partial charge in [0.25, 0.3) is 0 Å². The number of hydrogen-bond acceptors (Lipinski definition) is 1. The Labute approximate surface area is 93.7 Å². The van der Waals surface area contributed by atoms with Crippen LogP contribution in [0.15, 0.2) is 24.3 Å². The molecule has 1 radical (unpaired) electrons. The summed E-state index contributed by atoms with van der Waals surface area (Å²) in [5.41, 5.74) is 1.18. The minimum absolute atomic E-state index is 0. The monoisotopic (exact) mass is 222 g/mol. The van der Waals surface area contributed by atoms with Gasteiger partial charge in [-0.05, 0) is 13.6 Å². The fourth-order valence-corrected chi connectivity index (χ4v) is 0.820. The van der Waals surface area contributed by atoms with E-state index in [-0.39, 0.29) is 32.7 Å². The zero-order valence-corrected chi connectivity index (χ0v) is 9.59. The fourth-order valence-electron chi connectivity index (χ4n) is 0.820. The predicted octanol–water partition coefficient (Wildman–Crippen LogP) is 1.71. The molecule has 0 N–H and O–H groups in total. The Morgan fingerprint density at radius 1 is 1.55 bits per heavy atom. The smallest absolute Gasteiger partial charge is 0 e. The standard InChI is InChI=1S/C9H11N.Y/c1-10(2)8-9-6-4-3-5-7-9;/h3-6H,1,8H2,2H3;/q-2;. The van der Waals surface area contributed by atoms with Crippen molar-refractivity contribution in [1.82, 2.24) is 4.90 Å². The Balaban J connectivity index is 0.000001000. The van der Waals surface area contributed by atoms with E-state index in [2.05, 4.69) is 13.1 Å². The quantitative estimate of drug-likeness (QED) is 0.688. The van der Waals surface area contributed by atoms with E-state index in [1.807, 2.05) is 36.2 Å². The summed E-state index contributed by atoms with van der Waals surface area (Å²) in [6.45, 7) is 0.862. The molecule has 0 fully saturated rings. The molecule has 1 nitrogen and oxygen atoms in total. The average molecular weight is 222 g/mol. The molecule has 2 heteroatoms. The molecule has 1 aromatic rings. The third-order valence-corrected chi connectivity index (χ3v) is 1.21. The van der Waals surface area contributed by atoms with Crippen LogP contribution >= 0.6 is 0 Å². The van der Waals surface area contributed by atoms with E-state index < -0.39 is 0 Å². The van der Waals surface area contributed by atoms with Gasteiger partial charge in [-0.25, -0.2) is 0 Å². The molecule has 57 valence electrons. The summed E-state index contributed by atoms with van der Waals surface area (Å²) in [4.78, 5) is 1.88. The van der Waals surface area contributed by atoms with Gasteiger partial charge >= 0.3 is 0 Å². The maximum Gasteiger partial charge on any atom is 0 e. The van der Waals surface area contributed by atoms with Gasteiger partial charge in [0, 0.05) is 32.7 Å². The van der Waals surface area contributed by atoms with Gasteiger partial charge in [0.2, 0.25) is 0 Å². The Morgan fingerprint density at radius 3 is 2.73 bits per heavy atom. The normalized spacial score (nSPS) is 9.36. The van der Waals surface area contributed by atoms with Crippen molar-refractivity contribution < 1.29 is 32.7 Å². The van der Waals surface area contributed by atoms with Gasteiger partial charge in [-0.15, -0.1) is 0 Å². The minimum atomic E-state index is 0. The van der Waals surface area contributed by atoms with Crippen LogP contribution in [0, 0.1) is 13.1 Å². The zero-order valence-electron chi connectivity index (χ0n) is 6.75. The van der Waals surface area contributed by atoms with Crippen LogP contribution in [0.5, 0.6) is 0 Å². The molecular formula is C9H11NY-2. The molecule has 0 unspecified atom stereocenters. The molecule has 0 aliphatic rings. The van der Waals surface area contributed by atoms with Crippen molar-refractivity contribution in [3.63, 3.8) is 0 Å². The van der Waals surface area contributed by atoms with Gasteiger partial charge in [0.05, 0.1) is 0 Å². The molecule has 0 atom stereocenters. The molecule has 0 spiro atoms.